The molecule has 0 radical (unpaired) electrons. The van der Waals surface area contributed by atoms with E-state index in [1.807, 2.05) is 13.1 Å². The van der Waals surface area contributed by atoms with E-state index in [-0.39, 0.29) is 11.6 Å². The van der Waals surface area contributed by atoms with Crippen LogP contribution in [0.25, 0.3) is 0 Å². The van der Waals surface area contributed by atoms with Gasteiger partial charge in [0.2, 0.25) is 0 Å². The summed E-state index contributed by atoms with van der Waals surface area (Å²) in [6.45, 7) is 11.2. The van der Waals surface area contributed by atoms with Crippen LogP contribution >= 0.6 is 0 Å². The molecule has 0 bridgehead atoms. The SMILES string of the molecule is CC(O)C1CCN(c2ccc(CNC(C)(C)C)cn2)CC1. The number of nitrogens with zero attached hydrogens (tertiary/aromatic N) is 2. The molecule has 1 aromatic rings. The van der Waals surface area contributed by atoms with E-state index in [0.29, 0.717) is 5.92 Å². The predicted molar refractivity (Wildman–Crippen MR) is 87.4 cm³/mol. The molecule has 118 valence electrons. The number of hydrogen-bond acceptors (Lipinski definition) is 4. The second-order valence-corrected chi connectivity index (χ2v) is 7.19. The van der Waals surface area contributed by atoms with Crippen LogP contribution < -0.4 is 10.2 Å². The van der Waals surface area contributed by atoms with Gasteiger partial charge in [-0.15, -0.1) is 0 Å². The first-order valence-electron chi connectivity index (χ1n) is 7.98. The van der Waals surface area contributed by atoms with E-state index >= 15 is 0 Å². The molecule has 0 aliphatic carbocycles. The number of piperidine rings is 1. The fourth-order valence-corrected chi connectivity index (χ4v) is 2.69. The van der Waals surface area contributed by atoms with Crippen LogP contribution in [0.3, 0.4) is 0 Å². The van der Waals surface area contributed by atoms with Crippen LogP contribution in [-0.2, 0) is 6.54 Å². The van der Waals surface area contributed by atoms with Gasteiger partial charge in [0.15, 0.2) is 0 Å². The molecule has 4 heteroatoms. The standard InChI is InChI=1S/C17H29N3O/c1-13(21)15-7-9-20(10-8-15)16-6-5-14(11-18-16)12-19-17(2,3)4/h5-6,11,13,15,19,21H,7-10,12H2,1-4H3. The van der Waals surface area contributed by atoms with Crippen LogP contribution in [0.15, 0.2) is 18.3 Å². The molecule has 1 saturated heterocycles. The molecule has 2 N–H and O–H groups in total. The van der Waals surface area contributed by atoms with E-state index in [9.17, 15) is 5.11 Å². The summed E-state index contributed by atoms with van der Waals surface area (Å²) < 4.78 is 0. The van der Waals surface area contributed by atoms with Gasteiger partial charge in [0.05, 0.1) is 6.10 Å². The third kappa shape index (κ3) is 4.97. The Morgan fingerprint density at radius 3 is 2.48 bits per heavy atom. The average molecular weight is 291 g/mol. The van der Waals surface area contributed by atoms with Crippen LogP contribution in [0.5, 0.6) is 0 Å². The van der Waals surface area contributed by atoms with Crippen molar-refractivity contribution in [3.05, 3.63) is 23.9 Å². The summed E-state index contributed by atoms with van der Waals surface area (Å²) in [7, 11) is 0. The molecule has 1 aromatic heterocycles. The fraction of sp³-hybridized carbons (Fsp3) is 0.706. The molecule has 1 aliphatic rings. The van der Waals surface area contributed by atoms with Gasteiger partial charge < -0.3 is 15.3 Å². The van der Waals surface area contributed by atoms with Crippen molar-refractivity contribution < 1.29 is 5.11 Å². The first-order valence-corrected chi connectivity index (χ1v) is 7.98. The molecule has 0 saturated carbocycles. The fourth-order valence-electron chi connectivity index (χ4n) is 2.69. The zero-order valence-corrected chi connectivity index (χ0v) is 13.8. The normalized spacial score (nSPS) is 18.8. The van der Waals surface area contributed by atoms with Crippen molar-refractivity contribution in [2.24, 2.45) is 5.92 Å². The maximum Gasteiger partial charge on any atom is 0.128 e. The average Bonchev–Trinajstić information content (AvgIpc) is 2.45. The molecule has 1 aliphatic heterocycles. The Morgan fingerprint density at radius 1 is 1.33 bits per heavy atom. The molecule has 0 spiro atoms. The Labute approximate surface area is 128 Å². The highest BCUT2D eigenvalue weighted by molar-refractivity contribution is 5.39. The van der Waals surface area contributed by atoms with Crippen LogP contribution in [0.1, 0.15) is 46.1 Å². The van der Waals surface area contributed by atoms with Gasteiger partial charge in [-0.3, -0.25) is 0 Å². The predicted octanol–water partition coefficient (Wildman–Crippen LogP) is 2.57. The van der Waals surface area contributed by atoms with Crippen molar-refractivity contribution in [1.29, 1.82) is 0 Å². The van der Waals surface area contributed by atoms with Gasteiger partial charge in [-0.2, -0.15) is 0 Å². The lowest BCUT2D eigenvalue weighted by atomic mass is 9.92. The number of aromatic nitrogens is 1. The molecule has 2 heterocycles. The Balaban J connectivity index is 1.88. The minimum absolute atomic E-state index is 0.127. The second-order valence-electron chi connectivity index (χ2n) is 7.19. The number of rotatable bonds is 4. The summed E-state index contributed by atoms with van der Waals surface area (Å²) in [5.41, 5.74) is 1.34. The Hall–Kier alpha value is -1.13. The molecular weight excluding hydrogens is 262 g/mol. The summed E-state index contributed by atoms with van der Waals surface area (Å²) in [5, 5.41) is 13.1. The minimum Gasteiger partial charge on any atom is -0.393 e. The summed E-state index contributed by atoms with van der Waals surface area (Å²) >= 11 is 0. The van der Waals surface area contributed by atoms with Gasteiger partial charge in [-0.05, 0) is 58.1 Å². The van der Waals surface area contributed by atoms with Crippen LogP contribution in [0.2, 0.25) is 0 Å². The number of nitrogens with one attached hydrogen (secondary N) is 1. The topological polar surface area (TPSA) is 48.4 Å². The summed E-state index contributed by atoms with van der Waals surface area (Å²) in [4.78, 5) is 6.92. The molecule has 0 aromatic carbocycles. The maximum atomic E-state index is 9.65. The zero-order valence-electron chi connectivity index (χ0n) is 13.8. The molecular formula is C17H29N3O. The van der Waals surface area contributed by atoms with Crippen molar-refractivity contribution in [2.45, 2.75) is 58.7 Å². The van der Waals surface area contributed by atoms with E-state index in [4.69, 9.17) is 0 Å². The summed E-state index contributed by atoms with van der Waals surface area (Å²) in [5.74, 6) is 1.50. The van der Waals surface area contributed by atoms with Crippen molar-refractivity contribution in [1.82, 2.24) is 10.3 Å². The van der Waals surface area contributed by atoms with Gasteiger partial charge in [-0.25, -0.2) is 4.98 Å². The Morgan fingerprint density at radius 2 is 2.00 bits per heavy atom. The lowest BCUT2D eigenvalue weighted by molar-refractivity contribution is 0.110. The number of pyridine rings is 1. The number of hydrogen-bond donors (Lipinski definition) is 2. The first kappa shape index (κ1) is 16.2. The first-order chi connectivity index (χ1) is 9.85. The second kappa shape index (κ2) is 6.75. The molecule has 0 amide bonds. The monoisotopic (exact) mass is 291 g/mol. The van der Waals surface area contributed by atoms with Crippen LogP contribution in [0, 0.1) is 5.92 Å². The van der Waals surface area contributed by atoms with Crippen molar-refractivity contribution in [3.8, 4) is 0 Å². The van der Waals surface area contributed by atoms with Crippen molar-refractivity contribution in [3.63, 3.8) is 0 Å². The molecule has 21 heavy (non-hydrogen) atoms. The quantitative estimate of drug-likeness (QED) is 0.895. The highest BCUT2D eigenvalue weighted by Crippen LogP contribution is 2.24. The van der Waals surface area contributed by atoms with Gasteiger partial charge >= 0.3 is 0 Å². The molecule has 1 unspecified atom stereocenters. The van der Waals surface area contributed by atoms with Crippen LogP contribution in [0.4, 0.5) is 5.82 Å². The lowest BCUT2D eigenvalue weighted by Crippen LogP contribution is -2.37. The van der Waals surface area contributed by atoms with E-state index in [2.05, 4.69) is 48.1 Å². The largest absolute Gasteiger partial charge is 0.393 e. The van der Waals surface area contributed by atoms with E-state index in [0.717, 1.165) is 38.3 Å². The van der Waals surface area contributed by atoms with Gasteiger partial charge in [-0.1, -0.05) is 6.07 Å². The Kier molecular flexibility index (Phi) is 5.22. The number of aliphatic hydroxyl groups excluding tert-OH is 1. The highest BCUT2D eigenvalue weighted by atomic mass is 16.3. The van der Waals surface area contributed by atoms with Crippen LogP contribution in [-0.4, -0.2) is 34.8 Å². The summed E-state index contributed by atoms with van der Waals surface area (Å²) in [6.07, 6.45) is 3.87. The van der Waals surface area contributed by atoms with Crippen molar-refractivity contribution >= 4 is 5.82 Å². The van der Waals surface area contributed by atoms with E-state index < -0.39 is 0 Å². The molecule has 1 atom stereocenters. The Bertz CT molecular complexity index is 428. The third-order valence-corrected chi connectivity index (χ3v) is 4.18. The van der Waals surface area contributed by atoms with Gasteiger partial charge in [0.1, 0.15) is 5.82 Å². The third-order valence-electron chi connectivity index (χ3n) is 4.18. The van der Waals surface area contributed by atoms with Gasteiger partial charge in [0, 0.05) is 31.4 Å². The maximum absolute atomic E-state index is 9.65. The number of anilines is 1. The van der Waals surface area contributed by atoms with E-state index in [1.165, 1.54) is 5.56 Å². The highest BCUT2D eigenvalue weighted by Gasteiger charge is 2.23. The van der Waals surface area contributed by atoms with Gasteiger partial charge in [0.25, 0.3) is 0 Å². The van der Waals surface area contributed by atoms with E-state index in [1.54, 1.807) is 0 Å². The number of aliphatic hydroxyl groups is 1. The minimum atomic E-state index is -0.189. The molecule has 1 fully saturated rings. The molecule has 4 nitrogen and oxygen atoms in total. The molecule has 2 rings (SSSR count). The zero-order chi connectivity index (χ0) is 15.5. The lowest BCUT2D eigenvalue weighted by Gasteiger charge is -2.34. The smallest absolute Gasteiger partial charge is 0.128 e. The summed E-state index contributed by atoms with van der Waals surface area (Å²) in [6, 6.07) is 4.27. The van der Waals surface area contributed by atoms with Crippen molar-refractivity contribution in [2.75, 3.05) is 18.0 Å².